The summed E-state index contributed by atoms with van der Waals surface area (Å²) in [7, 11) is 13.2. The topological polar surface area (TPSA) is 239 Å². The number of hydrogen-bond donors (Lipinski definition) is 2. The van der Waals surface area contributed by atoms with E-state index < -0.39 is 23.4 Å². The molecule has 0 aromatic heterocycles. The third kappa shape index (κ3) is 40.2. The predicted octanol–water partition coefficient (Wildman–Crippen LogP) is -0.825. The summed E-state index contributed by atoms with van der Waals surface area (Å²) in [6, 6.07) is 0. The monoisotopic (exact) mass is 1130 g/mol. The van der Waals surface area contributed by atoms with E-state index in [1.165, 1.54) is 64.6 Å². The summed E-state index contributed by atoms with van der Waals surface area (Å²) < 4.78 is 10.2. The second-order valence-corrected chi connectivity index (χ2v) is 15.7. The van der Waals surface area contributed by atoms with Gasteiger partial charge in [0.1, 0.15) is 17.5 Å². The quantitative estimate of drug-likeness (QED) is 0.0813. The largest absolute Gasteiger partial charge is 0.520 e. The number of alkyl carbamates (subject to hydrolysis) is 2. The molecule has 0 radical (unpaired) electrons. The van der Waals surface area contributed by atoms with Gasteiger partial charge < -0.3 is 68.9 Å². The van der Waals surface area contributed by atoms with Crippen LogP contribution in [-0.4, -0.2) is 240 Å². The van der Waals surface area contributed by atoms with Gasteiger partial charge >= 0.3 is 12.2 Å². The average molecular weight is 1130 g/mol. The molecule has 0 fully saturated rings. The van der Waals surface area contributed by atoms with Crippen molar-refractivity contribution >= 4 is 61.3 Å². The molecular weight excluding hydrogens is 1060 g/mol. The zero-order chi connectivity index (χ0) is 48.5. The van der Waals surface area contributed by atoms with Crippen molar-refractivity contribution in [3.05, 3.63) is 0 Å². The van der Waals surface area contributed by atoms with Gasteiger partial charge in [-0.15, -0.1) is 0 Å². The second-order valence-electron chi connectivity index (χ2n) is 15.7. The van der Waals surface area contributed by atoms with Gasteiger partial charge in [0.15, 0.2) is 0 Å². The van der Waals surface area contributed by atoms with Crippen LogP contribution < -0.4 is 10.6 Å². The van der Waals surface area contributed by atoms with Gasteiger partial charge in [0, 0.05) is 68.0 Å². The molecule has 9 amide bonds. The fourth-order valence-corrected chi connectivity index (χ4v) is 3.39. The Balaban J connectivity index is -0.000000250. The first-order valence-corrected chi connectivity index (χ1v) is 19.5. The molecule has 0 atom stereocenters. The van der Waals surface area contributed by atoms with Gasteiger partial charge in [0.25, 0.3) is 0 Å². The molecule has 0 rings (SSSR count). The number of nitrogens with one attached hydrogen (secondary N) is 2. The SMILES string of the molecule is CC(C)(C)OC(=O)NCCN(C=O)CCNC(=O)OC(C)(C)C.CCN(C)C.CCN(C)C(=O)CN(C)C(=O)CN(C)[C-]=O.CN(C=O)CC(=O)N(C)CC(=O)N(C)CC=O.[Fm]. The standard InChI is InChI=1S/C15H29N3O5.C10H17N3O4.C10H18N3O3.C4H11N.Fm/c1-14(2,3)22-12(20)16-7-9-18(11-19)10-8-17-13(21)23-15(4,5)6;1-11(8-15)6-9(16)13(3)7-10(17)12(2)4-5-14;1-5-12(3)10(16)7-13(4)9(15)6-11(2)8-14;1-4-5(2)3;/h11H,7-10H2,1-6H3,(H,16,20)(H,17,21);5,8H,4,6-7H2,1-3H3;5-7H2,1-4H3;4H2,1-3H3;/q;;-1;;. The maximum atomic E-state index is 11.5. The average Bonchev–Trinajstić information content (AvgIpc) is 3.15. The first-order chi connectivity index (χ1) is 28.0. The maximum absolute atomic E-state index is 11.5. The van der Waals surface area contributed by atoms with Crippen LogP contribution in [-0.2, 0) is 47.8 Å². The normalized spacial score (nSPS) is 10.0. The minimum Gasteiger partial charge on any atom is -0.520 e. The minimum absolute atomic E-state index is 0. The number of rotatable bonds is 21. The van der Waals surface area contributed by atoms with Crippen molar-refractivity contribution in [2.75, 3.05) is 128 Å². The van der Waals surface area contributed by atoms with Gasteiger partial charge in [-0.05, 0) is 76.2 Å². The molecule has 0 aliphatic rings. The fourth-order valence-electron chi connectivity index (χ4n) is 3.39. The zero-order valence-corrected chi connectivity index (χ0v) is 42.2. The number of likely N-dealkylation sites (N-methyl/N-ethyl adjacent to an activating group) is 6. The summed E-state index contributed by atoms with van der Waals surface area (Å²) >= 11 is 0. The summed E-state index contributed by atoms with van der Waals surface area (Å²) in [6.45, 7) is 17.3. The Morgan fingerprint density at radius 1 is 0.565 bits per heavy atom. The molecule has 0 unspecified atom stereocenters. The summed E-state index contributed by atoms with van der Waals surface area (Å²) in [5, 5.41) is 5.12. The van der Waals surface area contributed by atoms with Crippen molar-refractivity contribution in [1.29, 1.82) is 0 Å². The van der Waals surface area contributed by atoms with E-state index in [1.807, 2.05) is 6.92 Å². The predicted molar refractivity (Wildman–Crippen MR) is 230 cm³/mol. The second kappa shape index (κ2) is 35.2. The third-order valence-electron chi connectivity index (χ3n) is 7.28. The summed E-state index contributed by atoms with van der Waals surface area (Å²) in [4.78, 5) is 122. The molecular formula is C39H75FmN10O12-. The molecule has 366 valence electrons. The minimum atomic E-state index is -0.564. The van der Waals surface area contributed by atoms with Crippen LogP contribution in [0.4, 0.5) is 9.59 Å². The van der Waals surface area contributed by atoms with Gasteiger partial charge in [-0.3, -0.25) is 28.8 Å². The summed E-state index contributed by atoms with van der Waals surface area (Å²) in [5.41, 5.74) is -1.13. The smallest absolute Gasteiger partial charge is 0.407 e. The van der Waals surface area contributed by atoms with Gasteiger partial charge in [0.2, 0.25) is 36.4 Å². The van der Waals surface area contributed by atoms with Crippen molar-refractivity contribution in [2.24, 2.45) is 0 Å². The Labute approximate surface area is 363 Å². The van der Waals surface area contributed by atoms with Crippen LogP contribution in [0.15, 0.2) is 0 Å². The number of amides is 9. The third-order valence-corrected chi connectivity index (χ3v) is 7.28. The van der Waals surface area contributed by atoms with E-state index in [0.29, 0.717) is 38.7 Å². The van der Waals surface area contributed by atoms with Crippen LogP contribution in [0.3, 0.4) is 0 Å². The first-order valence-electron chi connectivity index (χ1n) is 19.5. The van der Waals surface area contributed by atoms with Gasteiger partial charge in [-0.1, -0.05) is 6.92 Å². The van der Waals surface area contributed by atoms with Crippen LogP contribution in [0.2, 0.25) is 0 Å². The molecule has 0 aliphatic carbocycles. The van der Waals surface area contributed by atoms with E-state index in [-0.39, 0.29) is 69.4 Å². The van der Waals surface area contributed by atoms with E-state index >= 15 is 0 Å². The molecule has 62 heavy (non-hydrogen) atoms. The van der Waals surface area contributed by atoms with E-state index in [4.69, 9.17) is 9.47 Å². The van der Waals surface area contributed by atoms with Gasteiger partial charge in [0.05, 0.1) is 32.7 Å². The van der Waals surface area contributed by atoms with Crippen molar-refractivity contribution in [3.63, 3.8) is 0 Å². The number of carbonyl (C=O) groups is 9. The number of carbonyl (C=O) groups excluding carboxylic acids is 10. The molecule has 2 N–H and O–H groups in total. The molecule has 23 heteroatoms. The Kier molecular flexibility index (Phi) is 36.7. The van der Waals surface area contributed by atoms with E-state index in [2.05, 4.69) is 36.6 Å². The van der Waals surface area contributed by atoms with Crippen molar-refractivity contribution in [1.82, 2.24) is 49.8 Å². The molecule has 0 bridgehead atoms. The summed E-state index contributed by atoms with van der Waals surface area (Å²) in [6.07, 6.45) is 2.32. The zero-order valence-electron chi connectivity index (χ0n) is 39.8. The number of nitrogens with zero attached hydrogens (tertiary/aromatic N) is 8. The molecule has 0 spiro atoms. The van der Waals surface area contributed by atoms with Crippen molar-refractivity contribution < 1.29 is 57.4 Å². The van der Waals surface area contributed by atoms with Gasteiger partial charge in [-0.25, -0.2) is 9.59 Å². The molecule has 0 aliphatic heterocycles. The van der Waals surface area contributed by atoms with Crippen LogP contribution in [0, 0.1) is 0 Å². The van der Waals surface area contributed by atoms with Crippen LogP contribution in [0.1, 0.15) is 55.4 Å². The van der Waals surface area contributed by atoms with Crippen molar-refractivity contribution in [3.8, 4) is 0 Å². The Hall–Kier alpha value is -6.54. The molecule has 0 saturated carbocycles. The van der Waals surface area contributed by atoms with Gasteiger partial charge in [-0.2, -0.15) is 6.41 Å². The fraction of sp³-hybridized carbons (Fsp3) is 0.744. The van der Waals surface area contributed by atoms with Crippen LogP contribution in [0.5, 0.6) is 0 Å². The molecule has 0 heterocycles. The van der Waals surface area contributed by atoms with Crippen molar-refractivity contribution in [2.45, 2.75) is 66.6 Å². The Bertz CT molecular complexity index is 1310. The molecule has 0 saturated heterocycles. The summed E-state index contributed by atoms with van der Waals surface area (Å²) in [5.74, 6) is -1.09. The van der Waals surface area contributed by atoms with E-state index in [9.17, 15) is 47.9 Å². The number of aldehydes is 1. The maximum Gasteiger partial charge on any atom is 0.407 e. The number of hydrogen-bond acceptors (Lipinski definition) is 13. The Morgan fingerprint density at radius 2 is 0.935 bits per heavy atom. The van der Waals surface area contributed by atoms with E-state index in [0.717, 1.165) is 11.4 Å². The molecule has 0 aromatic carbocycles. The Morgan fingerprint density at radius 3 is 1.24 bits per heavy atom. The first kappa shape index (κ1) is 64.6. The van der Waals surface area contributed by atoms with Crippen LogP contribution in [0.25, 0.3) is 0 Å². The molecule has 22 nitrogen and oxygen atoms in total. The molecule has 0 aromatic rings. The van der Waals surface area contributed by atoms with E-state index in [1.54, 1.807) is 55.0 Å². The number of ether oxygens (including phenoxy) is 2. The van der Waals surface area contributed by atoms with Crippen LogP contribution >= 0.6 is 0 Å².